The zero-order valence-corrected chi connectivity index (χ0v) is 12.4. The predicted molar refractivity (Wildman–Crippen MR) is 79.2 cm³/mol. The number of nitrogens with zero attached hydrogens (tertiary/aromatic N) is 1. The van der Waals surface area contributed by atoms with Crippen LogP contribution in [0.25, 0.3) is 0 Å². The molecule has 2 rings (SSSR count). The molecule has 1 unspecified atom stereocenters. The monoisotopic (exact) mass is 315 g/mol. The predicted octanol–water partition coefficient (Wildman–Crippen LogP) is 2.50. The van der Waals surface area contributed by atoms with E-state index in [-0.39, 0.29) is 12.6 Å². The summed E-state index contributed by atoms with van der Waals surface area (Å²) in [6.45, 7) is 2.66. The summed E-state index contributed by atoms with van der Waals surface area (Å²) in [5.41, 5.74) is 1.14. The van der Waals surface area contributed by atoms with Gasteiger partial charge in [0, 0.05) is 19.5 Å². The molecule has 1 aromatic carbocycles. The number of ether oxygens (including phenoxy) is 1. The van der Waals surface area contributed by atoms with Gasteiger partial charge in [0.1, 0.15) is 11.9 Å². The largest absolute Gasteiger partial charge is 0.488 e. The molecule has 1 atom stereocenters. The minimum Gasteiger partial charge on any atom is -0.488 e. The van der Waals surface area contributed by atoms with Gasteiger partial charge in [-0.2, -0.15) is 13.2 Å². The molecule has 0 amide bonds. The molecule has 4 nitrogen and oxygen atoms in total. The lowest BCUT2D eigenvalue weighted by molar-refractivity contribution is -0.132. The quantitative estimate of drug-likeness (QED) is 0.648. The highest BCUT2D eigenvalue weighted by Gasteiger charge is 2.26. The van der Waals surface area contributed by atoms with E-state index in [0.29, 0.717) is 19.0 Å². The van der Waals surface area contributed by atoms with Gasteiger partial charge in [-0.25, -0.2) is 4.99 Å². The fourth-order valence-corrected chi connectivity index (χ4v) is 2.21. The Bertz CT molecular complexity index is 492. The van der Waals surface area contributed by atoms with Crippen LogP contribution in [0.5, 0.6) is 5.75 Å². The van der Waals surface area contributed by atoms with Crippen molar-refractivity contribution in [2.75, 3.05) is 19.6 Å². The molecular weight excluding hydrogens is 295 g/mol. The van der Waals surface area contributed by atoms with Crippen LogP contribution in [0.4, 0.5) is 13.2 Å². The van der Waals surface area contributed by atoms with Gasteiger partial charge in [0.15, 0.2) is 5.96 Å². The van der Waals surface area contributed by atoms with Gasteiger partial charge in [-0.05, 0) is 18.6 Å². The summed E-state index contributed by atoms with van der Waals surface area (Å²) in [7, 11) is 0. The smallest absolute Gasteiger partial charge is 0.390 e. The van der Waals surface area contributed by atoms with Gasteiger partial charge in [-0.1, -0.05) is 18.2 Å². The molecule has 0 saturated heterocycles. The van der Waals surface area contributed by atoms with Crippen LogP contribution < -0.4 is 15.4 Å². The third kappa shape index (κ3) is 5.13. The van der Waals surface area contributed by atoms with Crippen molar-refractivity contribution in [2.45, 2.75) is 32.0 Å². The zero-order chi connectivity index (χ0) is 16.0. The number of fused-ring (bicyclic) bond motifs is 1. The van der Waals surface area contributed by atoms with Crippen LogP contribution >= 0.6 is 0 Å². The third-order valence-corrected chi connectivity index (χ3v) is 3.21. The summed E-state index contributed by atoms with van der Waals surface area (Å²) in [5.74, 6) is 1.24. The summed E-state index contributed by atoms with van der Waals surface area (Å²) in [6, 6.07) is 7.78. The Morgan fingerprint density at radius 1 is 1.32 bits per heavy atom. The van der Waals surface area contributed by atoms with Crippen LogP contribution in [0, 0.1) is 0 Å². The van der Waals surface area contributed by atoms with Gasteiger partial charge in [0.2, 0.25) is 0 Å². The molecule has 7 heteroatoms. The van der Waals surface area contributed by atoms with Crippen molar-refractivity contribution >= 4 is 5.96 Å². The van der Waals surface area contributed by atoms with E-state index in [9.17, 15) is 13.2 Å². The molecule has 1 heterocycles. The summed E-state index contributed by atoms with van der Waals surface area (Å²) in [4.78, 5) is 4.30. The van der Waals surface area contributed by atoms with Gasteiger partial charge in [0.05, 0.1) is 13.0 Å². The second-order valence-corrected chi connectivity index (χ2v) is 5.06. The van der Waals surface area contributed by atoms with Crippen LogP contribution in [0.3, 0.4) is 0 Å². The van der Waals surface area contributed by atoms with Gasteiger partial charge < -0.3 is 15.4 Å². The van der Waals surface area contributed by atoms with Crippen molar-refractivity contribution in [3.8, 4) is 5.75 Å². The third-order valence-electron chi connectivity index (χ3n) is 3.21. The number of benzene rings is 1. The molecule has 0 aliphatic carbocycles. The average Bonchev–Trinajstić information content (AvgIpc) is 2.86. The number of hydrogen-bond acceptors (Lipinski definition) is 2. The van der Waals surface area contributed by atoms with Crippen molar-refractivity contribution in [3.05, 3.63) is 29.8 Å². The van der Waals surface area contributed by atoms with Crippen LogP contribution in [-0.4, -0.2) is 37.9 Å². The average molecular weight is 315 g/mol. The van der Waals surface area contributed by atoms with E-state index in [4.69, 9.17) is 4.74 Å². The first-order valence-corrected chi connectivity index (χ1v) is 7.31. The van der Waals surface area contributed by atoms with E-state index in [0.717, 1.165) is 17.7 Å². The molecule has 0 radical (unpaired) electrons. The number of alkyl halides is 3. The number of halogens is 3. The van der Waals surface area contributed by atoms with Gasteiger partial charge in [-0.15, -0.1) is 0 Å². The molecule has 0 saturated carbocycles. The van der Waals surface area contributed by atoms with Crippen molar-refractivity contribution in [1.29, 1.82) is 0 Å². The first-order valence-electron chi connectivity index (χ1n) is 7.31. The highest BCUT2D eigenvalue weighted by atomic mass is 19.4. The Morgan fingerprint density at radius 2 is 2.09 bits per heavy atom. The van der Waals surface area contributed by atoms with Crippen LogP contribution in [0.15, 0.2) is 29.3 Å². The van der Waals surface area contributed by atoms with Crippen molar-refractivity contribution in [2.24, 2.45) is 4.99 Å². The number of para-hydroxylation sites is 1. The normalized spacial score (nSPS) is 17.8. The molecule has 1 aliphatic heterocycles. The summed E-state index contributed by atoms with van der Waals surface area (Å²) in [5, 5.41) is 5.62. The maximum atomic E-state index is 12.2. The Balaban J connectivity index is 1.83. The van der Waals surface area contributed by atoms with Gasteiger partial charge in [-0.3, -0.25) is 0 Å². The molecule has 22 heavy (non-hydrogen) atoms. The number of rotatable bonds is 5. The SMILES string of the molecule is CCNC(=NCC1Cc2ccccc2O1)NCCC(F)(F)F. The lowest BCUT2D eigenvalue weighted by Crippen LogP contribution is -2.39. The van der Waals surface area contributed by atoms with E-state index >= 15 is 0 Å². The van der Waals surface area contributed by atoms with E-state index in [2.05, 4.69) is 15.6 Å². The fraction of sp³-hybridized carbons (Fsp3) is 0.533. The summed E-state index contributed by atoms with van der Waals surface area (Å²) in [6.07, 6.45) is -4.36. The minimum absolute atomic E-state index is 0.0736. The molecule has 0 aromatic heterocycles. The molecule has 0 spiro atoms. The molecule has 2 N–H and O–H groups in total. The maximum Gasteiger partial charge on any atom is 0.390 e. The van der Waals surface area contributed by atoms with Crippen molar-refractivity contribution in [3.63, 3.8) is 0 Å². The van der Waals surface area contributed by atoms with E-state index < -0.39 is 12.6 Å². The number of nitrogens with one attached hydrogen (secondary N) is 2. The molecule has 1 aromatic rings. The maximum absolute atomic E-state index is 12.2. The summed E-state index contributed by atoms with van der Waals surface area (Å²) >= 11 is 0. The standard InChI is InChI=1S/C15H20F3N3O/c1-2-19-14(20-8-7-15(16,17)18)21-10-12-9-11-5-3-4-6-13(11)22-12/h3-6,12H,2,7-10H2,1H3,(H2,19,20,21). The van der Waals surface area contributed by atoms with Crippen molar-refractivity contribution < 1.29 is 17.9 Å². The lowest BCUT2D eigenvalue weighted by Gasteiger charge is -2.14. The van der Waals surface area contributed by atoms with E-state index in [1.54, 1.807) is 0 Å². The minimum atomic E-state index is -4.17. The molecule has 1 aliphatic rings. The van der Waals surface area contributed by atoms with E-state index in [1.807, 2.05) is 31.2 Å². The first-order chi connectivity index (χ1) is 10.5. The van der Waals surface area contributed by atoms with Crippen molar-refractivity contribution in [1.82, 2.24) is 10.6 Å². The lowest BCUT2D eigenvalue weighted by atomic mass is 10.1. The zero-order valence-electron chi connectivity index (χ0n) is 12.4. The first kappa shape index (κ1) is 16.5. The molecule has 122 valence electrons. The Hall–Kier alpha value is -1.92. The Kier molecular flexibility index (Phi) is 5.51. The number of guanidine groups is 1. The Morgan fingerprint density at radius 3 is 2.77 bits per heavy atom. The second kappa shape index (κ2) is 7.38. The van der Waals surface area contributed by atoms with E-state index in [1.165, 1.54) is 0 Å². The van der Waals surface area contributed by atoms with Crippen LogP contribution in [-0.2, 0) is 6.42 Å². The Labute approximate surface area is 127 Å². The highest BCUT2D eigenvalue weighted by molar-refractivity contribution is 5.79. The van der Waals surface area contributed by atoms with Gasteiger partial charge >= 0.3 is 6.18 Å². The molecule has 0 bridgehead atoms. The highest BCUT2D eigenvalue weighted by Crippen LogP contribution is 2.28. The fourth-order valence-electron chi connectivity index (χ4n) is 2.21. The van der Waals surface area contributed by atoms with Gasteiger partial charge in [0.25, 0.3) is 0 Å². The molecule has 0 fully saturated rings. The summed E-state index contributed by atoms with van der Waals surface area (Å²) < 4.78 is 42.2. The second-order valence-electron chi connectivity index (χ2n) is 5.06. The van der Waals surface area contributed by atoms with Crippen LogP contribution in [0.2, 0.25) is 0 Å². The number of hydrogen-bond donors (Lipinski definition) is 2. The number of aliphatic imine (C=N–C) groups is 1. The van der Waals surface area contributed by atoms with Crippen LogP contribution in [0.1, 0.15) is 18.9 Å². The molecular formula is C15H20F3N3O. The topological polar surface area (TPSA) is 45.7 Å².